The van der Waals surface area contributed by atoms with E-state index in [0.717, 1.165) is 14.5 Å². The van der Waals surface area contributed by atoms with Crippen molar-refractivity contribution in [3.05, 3.63) is 32.2 Å². The topological polar surface area (TPSA) is 49.8 Å². The maximum atomic E-state index is 8.72. The number of nitriles is 1. The Bertz CT molecular complexity index is 342. The van der Waals surface area contributed by atoms with Gasteiger partial charge in [-0.05, 0) is 49.6 Å². The molecule has 0 heterocycles. The van der Waals surface area contributed by atoms with Gasteiger partial charge >= 0.3 is 0 Å². The molecular weight excluding hydrogens is 284 g/mol. The fourth-order valence-corrected chi connectivity index (χ4v) is 1.60. The Morgan fingerprint density at radius 3 is 2.42 bits per heavy atom. The number of benzene rings is 1. The van der Waals surface area contributed by atoms with Crippen molar-refractivity contribution in [2.24, 2.45) is 5.73 Å². The van der Waals surface area contributed by atoms with E-state index in [1.807, 2.05) is 6.07 Å². The first-order chi connectivity index (χ1) is 5.69. The van der Waals surface area contributed by atoms with Gasteiger partial charge < -0.3 is 5.73 Å². The van der Waals surface area contributed by atoms with Crippen LogP contribution in [0.5, 0.6) is 0 Å². The highest BCUT2D eigenvalue weighted by molar-refractivity contribution is 9.13. The number of halogens is 2. The summed E-state index contributed by atoms with van der Waals surface area (Å²) in [6, 6.07) is 5.69. The zero-order chi connectivity index (χ0) is 9.14. The predicted octanol–water partition coefficient (Wildman–Crippen LogP) is 2.54. The first-order valence-electron chi connectivity index (χ1n) is 3.27. The minimum Gasteiger partial charge on any atom is -0.326 e. The van der Waals surface area contributed by atoms with Crippen LogP contribution in [0.3, 0.4) is 0 Å². The van der Waals surface area contributed by atoms with Crippen LogP contribution in [0.15, 0.2) is 21.1 Å². The fourth-order valence-electron chi connectivity index (χ4n) is 0.861. The molecule has 4 heteroatoms. The average Bonchev–Trinajstić information content (AvgIpc) is 2.09. The summed E-state index contributed by atoms with van der Waals surface area (Å²) in [7, 11) is 0. The van der Waals surface area contributed by atoms with E-state index in [1.165, 1.54) is 0 Å². The van der Waals surface area contributed by atoms with Gasteiger partial charge in [-0.25, -0.2) is 0 Å². The number of nitrogens with zero attached hydrogens (tertiary/aromatic N) is 1. The van der Waals surface area contributed by atoms with Crippen molar-refractivity contribution in [3.63, 3.8) is 0 Å². The molecule has 0 aliphatic carbocycles. The lowest BCUT2D eigenvalue weighted by molar-refractivity contribution is 1.06. The van der Waals surface area contributed by atoms with Gasteiger partial charge in [0.05, 0.1) is 11.6 Å². The summed E-state index contributed by atoms with van der Waals surface area (Å²) in [5.41, 5.74) is 6.93. The molecule has 62 valence electrons. The molecule has 0 unspecified atom stereocenters. The molecule has 0 aromatic heterocycles. The normalized spacial score (nSPS) is 9.50. The van der Waals surface area contributed by atoms with Gasteiger partial charge in [0.15, 0.2) is 0 Å². The summed E-state index contributed by atoms with van der Waals surface area (Å²) in [5.74, 6) is 0. The molecule has 12 heavy (non-hydrogen) atoms. The van der Waals surface area contributed by atoms with Crippen LogP contribution in [0.25, 0.3) is 0 Å². The summed E-state index contributed by atoms with van der Waals surface area (Å²) < 4.78 is 1.79. The third-order valence-corrected chi connectivity index (χ3v) is 3.33. The minimum absolute atomic E-state index is 0.384. The monoisotopic (exact) mass is 288 g/mol. The van der Waals surface area contributed by atoms with Crippen LogP contribution < -0.4 is 5.73 Å². The molecule has 0 spiro atoms. The maximum Gasteiger partial charge on any atom is 0.0995 e. The first kappa shape index (κ1) is 9.72. The van der Waals surface area contributed by atoms with Crippen LogP contribution in [0.1, 0.15) is 11.1 Å². The van der Waals surface area contributed by atoms with Crippen LogP contribution in [0.4, 0.5) is 0 Å². The van der Waals surface area contributed by atoms with Gasteiger partial charge in [0.25, 0.3) is 0 Å². The summed E-state index contributed by atoms with van der Waals surface area (Å²) >= 11 is 6.65. The van der Waals surface area contributed by atoms with Gasteiger partial charge in [-0.15, -0.1) is 0 Å². The highest BCUT2D eigenvalue weighted by Crippen LogP contribution is 2.26. The van der Waals surface area contributed by atoms with Crippen molar-refractivity contribution in [1.82, 2.24) is 0 Å². The Morgan fingerprint density at radius 1 is 1.33 bits per heavy atom. The smallest absolute Gasteiger partial charge is 0.0995 e. The molecular formula is C8H6Br2N2. The maximum absolute atomic E-state index is 8.72. The van der Waals surface area contributed by atoms with Crippen molar-refractivity contribution in [2.75, 3.05) is 0 Å². The van der Waals surface area contributed by atoms with Gasteiger partial charge in [0.1, 0.15) is 0 Å². The molecule has 2 N–H and O–H groups in total. The second-order valence-electron chi connectivity index (χ2n) is 2.24. The SMILES string of the molecule is N#Cc1cc(Br)c(Br)cc1CN. The van der Waals surface area contributed by atoms with Crippen molar-refractivity contribution >= 4 is 31.9 Å². The zero-order valence-electron chi connectivity index (χ0n) is 6.14. The van der Waals surface area contributed by atoms with E-state index in [9.17, 15) is 0 Å². The van der Waals surface area contributed by atoms with E-state index in [2.05, 4.69) is 37.9 Å². The molecule has 1 aromatic rings. The second-order valence-corrected chi connectivity index (χ2v) is 3.95. The highest BCUT2D eigenvalue weighted by atomic mass is 79.9. The summed E-state index contributed by atoms with van der Waals surface area (Å²) in [4.78, 5) is 0. The fraction of sp³-hybridized carbons (Fsp3) is 0.125. The van der Waals surface area contributed by atoms with E-state index >= 15 is 0 Å². The Balaban J connectivity index is 3.31. The highest BCUT2D eigenvalue weighted by Gasteiger charge is 2.04. The average molecular weight is 290 g/mol. The molecule has 0 fully saturated rings. The van der Waals surface area contributed by atoms with E-state index < -0.39 is 0 Å². The lowest BCUT2D eigenvalue weighted by Gasteiger charge is -2.02. The van der Waals surface area contributed by atoms with E-state index in [-0.39, 0.29) is 0 Å². The van der Waals surface area contributed by atoms with E-state index in [1.54, 1.807) is 6.07 Å². The van der Waals surface area contributed by atoms with Crippen LogP contribution in [0, 0.1) is 11.3 Å². The minimum atomic E-state index is 0.384. The molecule has 0 aliphatic heterocycles. The molecule has 0 saturated carbocycles. The number of hydrogen-bond acceptors (Lipinski definition) is 2. The molecule has 2 nitrogen and oxygen atoms in total. The lowest BCUT2D eigenvalue weighted by Crippen LogP contribution is -1.99. The summed E-state index contributed by atoms with van der Waals surface area (Å²) in [6.07, 6.45) is 0. The summed E-state index contributed by atoms with van der Waals surface area (Å²) in [6.45, 7) is 0.384. The van der Waals surface area contributed by atoms with Gasteiger partial charge in [-0.1, -0.05) is 0 Å². The Hall–Kier alpha value is -0.370. The summed E-state index contributed by atoms with van der Waals surface area (Å²) in [5, 5.41) is 8.72. The molecule has 0 radical (unpaired) electrons. The van der Waals surface area contributed by atoms with Crippen molar-refractivity contribution in [1.29, 1.82) is 5.26 Å². The van der Waals surface area contributed by atoms with Crippen molar-refractivity contribution in [3.8, 4) is 6.07 Å². The number of nitrogens with two attached hydrogens (primary N) is 1. The largest absolute Gasteiger partial charge is 0.326 e. The first-order valence-corrected chi connectivity index (χ1v) is 4.85. The van der Waals surface area contributed by atoms with Gasteiger partial charge in [-0.3, -0.25) is 0 Å². The molecule has 0 bridgehead atoms. The third kappa shape index (κ3) is 1.86. The van der Waals surface area contributed by atoms with Crippen molar-refractivity contribution in [2.45, 2.75) is 6.54 Å². The quantitative estimate of drug-likeness (QED) is 0.864. The zero-order valence-corrected chi connectivity index (χ0v) is 9.31. The molecule has 1 rings (SSSR count). The van der Waals surface area contributed by atoms with Crippen LogP contribution in [0.2, 0.25) is 0 Å². The molecule has 0 saturated heterocycles. The van der Waals surface area contributed by atoms with Gasteiger partial charge in [0.2, 0.25) is 0 Å². The standard InChI is InChI=1S/C8H6Br2N2/c9-7-1-5(3-11)6(4-12)2-8(7)10/h1-2H,3,11H2. The van der Waals surface area contributed by atoms with Gasteiger partial charge in [0, 0.05) is 15.5 Å². The molecule has 0 atom stereocenters. The molecule has 0 amide bonds. The third-order valence-electron chi connectivity index (χ3n) is 1.49. The Morgan fingerprint density at radius 2 is 1.92 bits per heavy atom. The van der Waals surface area contributed by atoms with Gasteiger partial charge in [-0.2, -0.15) is 5.26 Å². The van der Waals surface area contributed by atoms with E-state index in [4.69, 9.17) is 11.0 Å². The number of hydrogen-bond donors (Lipinski definition) is 1. The molecule has 1 aromatic carbocycles. The predicted molar refractivity (Wildman–Crippen MR) is 54.4 cm³/mol. The van der Waals surface area contributed by atoms with Crippen LogP contribution >= 0.6 is 31.9 Å². The Labute approximate surface area is 87.6 Å². The van der Waals surface area contributed by atoms with Crippen molar-refractivity contribution < 1.29 is 0 Å². The second kappa shape index (κ2) is 4.04. The van der Waals surface area contributed by atoms with Crippen LogP contribution in [-0.2, 0) is 6.54 Å². The van der Waals surface area contributed by atoms with E-state index in [0.29, 0.717) is 12.1 Å². The molecule has 0 aliphatic rings. The lowest BCUT2D eigenvalue weighted by atomic mass is 10.1. The van der Waals surface area contributed by atoms with Crippen LogP contribution in [-0.4, -0.2) is 0 Å². The Kier molecular flexibility index (Phi) is 3.27. The number of rotatable bonds is 1.